The number of fused-ring (bicyclic) bond motifs is 1. The average Bonchev–Trinajstić information content (AvgIpc) is 3.24. The van der Waals surface area contributed by atoms with Crippen LogP contribution in [-0.4, -0.2) is 72.7 Å². The second-order valence-corrected chi connectivity index (χ2v) is 7.76. The summed E-state index contributed by atoms with van der Waals surface area (Å²) in [5.74, 6) is 0.290. The van der Waals surface area contributed by atoms with Crippen molar-refractivity contribution in [2.24, 2.45) is 0 Å². The van der Waals surface area contributed by atoms with Crippen LogP contribution in [-0.2, 0) is 14.9 Å². The van der Waals surface area contributed by atoms with E-state index >= 15 is 0 Å². The fraction of sp³-hybridized carbons (Fsp3) is 0.312. The molecule has 4 rings (SSSR count). The van der Waals surface area contributed by atoms with Crippen molar-refractivity contribution in [3.63, 3.8) is 0 Å². The minimum Gasteiger partial charge on any atom is -0.744 e. The molecule has 1 aliphatic rings. The number of nitrogens with one attached hydrogen (secondary N) is 1. The van der Waals surface area contributed by atoms with Crippen LogP contribution in [0, 0.1) is 0 Å². The Hall–Kier alpha value is -1.68. The first-order valence-electron chi connectivity index (χ1n) is 8.42. The van der Waals surface area contributed by atoms with Gasteiger partial charge in [-0.3, -0.25) is 4.57 Å². The zero-order valence-electron chi connectivity index (χ0n) is 15.7. The Morgan fingerprint density at radius 1 is 1.13 bits per heavy atom. The standard InChI is InChI=1S/C16H17N5O7S.Na/c22-5-10-12(23)13(24)16(28-10)21-7-19-11-14(17-6-18-15(11)21)20-8-1-3-9(4-2-8)29(25,26)27;/h1-4,6-7,10,12-13,16,22-24H,5H2,(H,17,18,20)(H,25,26,27);/q;+1/p-1. The quantitative estimate of drug-likeness (QED) is 0.222. The topological polar surface area (TPSA) is 183 Å². The molecule has 1 aliphatic heterocycles. The van der Waals surface area contributed by atoms with Crippen molar-refractivity contribution in [1.82, 2.24) is 19.5 Å². The molecule has 2 aromatic heterocycles. The van der Waals surface area contributed by atoms with Gasteiger partial charge in [-0.2, -0.15) is 0 Å². The van der Waals surface area contributed by atoms with Gasteiger partial charge in [-0.05, 0) is 24.3 Å². The summed E-state index contributed by atoms with van der Waals surface area (Å²) < 4.78 is 40.0. The molecule has 154 valence electrons. The molecule has 4 atom stereocenters. The number of benzene rings is 1. The van der Waals surface area contributed by atoms with Crippen molar-refractivity contribution in [1.29, 1.82) is 0 Å². The Morgan fingerprint density at radius 3 is 2.43 bits per heavy atom. The second-order valence-electron chi connectivity index (χ2n) is 6.38. The van der Waals surface area contributed by atoms with Crippen molar-refractivity contribution < 1.29 is 62.6 Å². The first-order valence-corrected chi connectivity index (χ1v) is 9.83. The van der Waals surface area contributed by atoms with Crippen LogP contribution in [0.15, 0.2) is 41.8 Å². The Kier molecular flexibility index (Phi) is 6.76. The van der Waals surface area contributed by atoms with Gasteiger partial charge >= 0.3 is 29.6 Å². The molecule has 1 aromatic carbocycles. The van der Waals surface area contributed by atoms with E-state index in [4.69, 9.17) is 4.74 Å². The summed E-state index contributed by atoms with van der Waals surface area (Å²) in [6.07, 6.45) is -1.90. The molecule has 30 heavy (non-hydrogen) atoms. The number of rotatable bonds is 5. The van der Waals surface area contributed by atoms with Crippen molar-refractivity contribution in [3.05, 3.63) is 36.9 Å². The van der Waals surface area contributed by atoms with Gasteiger partial charge < -0.3 is 29.9 Å². The molecule has 4 unspecified atom stereocenters. The number of aromatic nitrogens is 4. The van der Waals surface area contributed by atoms with Gasteiger partial charge in [0, 0.05) is 5.69 Å². The van der Waals surface area contributed by atoms with Crippen molar-refractivity contribution >= 4 is 32.8 Å². The third-order valence-electron chi connectivity index (χ3n) is 4.56. The van der Waals surface area contributed by atoms with Gasteiger partial charge in [-0.15, -0.1) is 0 Å². The third kappa shape index (κ3) is 4.21. The molecule has 0 saturated carbocycles. The maximum atomic E-state index is 11.0. The average molecular weight is 445 g/mol. The minimum atomic E-state index is -4.54. The molecule has 3 aromatic rings. The summed E-state index contributed by atoms with van der Waals surface area (Å²) in [6.45, 7) is -0.460. The number of imidazole rings is 1. The van der Waals surface area contributed by atoms with Crippen LogP contribution in [0.2, 0.25) is 0 Å². The van der Waals surface area contributed by atoms with Crippen molar-refractivity contribution in [2.75, 3.05) is 11.9 Å². The van der Waals surface area contributed by atoms with Crippen LogP contribution < -0.4 is 34.9 Å². The summed E-state index contributed by atoms with van der Waals surface area (Å²) >= 11 is 0. The number of anilines is 2. The Labute approximate surface area is 192 Å². The summed E-state index contributed by atoms with van der Waals surface area (Å²) in [6, 6.07) is 5.14. The molecular formula is C16H16N5NaO7S. The number of aliphatic hydroxyl groups excluding tert-OH is 3. The van der Waals surface area contributed by atoms with Gasteiger partial charge in [0.1, 0.15) is 34.8 Å². The fourth-order valence-corrected chi connectivity index (χ4v) is 3.55. The summed E-state index contributed by atoms with van der Waals surface area (Å²) in [7, 11) is -4.54. The van der Waals surface area contributed by atoms with Crippen LogP contribution in [0.3, 0.4) is 0 Å². The first kappa shape index (κ1) is 23.0. The van der Waals surface area contributed by atoms with Gasteiger partial charge in [-0.25, -0.2) is 23.4 Å². The molecule has 0 radical (unpaired) electrons. The van der Waals surface area contributed by atoms with E-state index in [1.807, 2.05) is 0 Å². The van der Waals surface area contributed by atoms with Crippen LogP contribution >= 0.6 is 0 Å². The van der Waals surface area contributed by atoms with E-state index < -0.39 is 41.3 Å². The predicted octanol–water partition coefficient (Wildman–Crippen LogP) is -3.91. The van der Waals surface area contributed by atoms with E-state index in [0.717, 1.165) is 0 Å². The van der Waals surface area contributed by atoms with Gasteiger partial charge in [-0.1, -0.05) is 0 Å². The van der Waals surface area contributed by atoms with Crippen LogP contribution in [0.25, 0.3) is 11.2 Å². The monoisotopic (exact) mass is 445 g/mol. The summed E-state index contributed by atoms with van der Waals surface area (Å²) in [5, 5.41) is 32.4. The predicted molar refractivity (Wildman–Crippen MR) is 96.0 cm³/mol. The maximum absolute atomic E-state index is 11.0. The number of aliphatic hydroxyl groups is 3. The zero-order chi connectivity index (χ0) is 20.8. The maximum Gasteiger partial charge on any atom is 1.00 e. The van der Waals surface area contributed by atoms with E-state index in [-0.39, 0.29) is 34.5 Å². The normalized spacial score (nSPS) is 24.0. The zero-order valence-corrected chi connectivity index (χ0v) is 18.5. The molecule has 1 fully saturated rings. The summed E-state index contributed by atoms with van der Waals surface area (Å²) in [5.41, 5.74) is 1.08. The number of hydrogen-bond donors (Lipinski definition) is 4. The van der Waals surface area contributed by atoms with E-state index in [1.54, 1.807) is 0 Å². The molecule has 0 amide bonds. The Bertz CT molecular complexity index is 1140. The first-order chi connectivity index (χ1) is 13.8. The van der Waals surface area contributed by atoms with Crippen LogP contribution in [0.1, 0.15) is 6.23 Å². The molecular weight excluding hydrogens is 429 g/mol. The Morgan fingerprint density at radius 2 is 1.83 bits per heavy atom. The molecule has 0 spiro atoms. The van der Waals surface area contributed by atoms with Crippen molar-refractivity contribution in [3.8, 4) is 0 Å². The Balaban J connectivity index is 0.00000256. The van der Waals surface area contributed by atoms with Gasteiger partial charge in [0.2, 0.25) is 0 Å². The van der Waals surface area contributed by atoms with Gasteiger partial charge in [0.25, 0.3) is 0 Å². The second kappa shape index (κ2) is 8.82. The molecule has 3 heterocycles. The van der Waals surface area contributed by atoms with E-state index in [0.29, 0.717) is 22.7 Å². The minimum absolute atomic E-state index is 0. The molecule has 4 N–H and O–H groups in total. The van der Waals surface area contributed by atoms with Gasteiger partial charge in [0.05, 0.1) is 17.8 Å². The molecule has 0 aliphatic carbocycles. The van der Waals surface area contributed by atoms with E-state index in [2.05, 4.69) is 20.3 Å². The van der Waals surface area contributed by atoms with Crippen molar-refractivity contribution in [2.45, 2.75) is 29.4 Å². The van der Waals surface area contributed by atoms with E-state index in [9.17, 15) is 28.3 Å². The van der Waals surface area contributed by atoms with Gasteiger partial charge in [0.15, 0.2) is 23.2 Å². The molecule has 14 heteroatoms. The third-order valence-corrected chi connectivity index (χ3v) is 5.41. The van der Waals surface area contributed by atoms with Crippen LogP contribution in [0.5, 0.6) is 0 Å². The fourth-order valence-electron chi connectivity index (χ4n) is 3.08. The molecule has 0 bridgehead atoms. The largest absolute Gasteiger partial charge is 1.00 e. The molecule has 1 saturated heterocycles. The summed E-state index contributed by atoms with van der Waals surface area (Å²) in [4.78, 5) is 12.1. The SMILES string of the molecule is O=S(=O)([O-])c1ccc(Nc2ncnc3c2ncn3C2OC(CO)C(O)C2O)cc1.[Na+]. The number of hydrogen-bond acceptors (Lipinski definition) is 11. The molecule has 12 nitrogen and oxygen atoms in total. The number of nitrogens with zero attached hydrogens (tertiary/aromatic N) is 4. The van der Waals surface area contributed by atoms with E-state index in [1.165, 1.54) is 41.5 Å². The smallest absolute Gasteiger partial charge is 0.744 e. The van der Waals surface area contributed by atoms with Crippen LogP contribution in [0.4, 0.5) is 11.5 Å². The number of ether oxygens (including phenoxy) is 1.